The van der Waals surface area contributed by atoms with Gasteiger partial charge in [0.1, 0.15) is 0 Å². The first-order valence-electron chi connectivity index (χ1n) is 5.51. The Hall–Kier alpha value is -1.32. The zero-order valence-electron chi connectivity index (χ0n) is 9.63. The van der Waals surface area contributed by atoms with Gasteiger partial charge in [-0.2, -0.15) is 0 Å². The van der Waals surface area contributed by atoms with Crippen molar-refractivity contribution in [3.8, 4) is 0 Å². The molecule has 0 amide bonds. The minimum Gasteiger partial charge on any atom is -0.395 e. The van der Waals surface area contributed by atoms with E-state index in [2.05, 4.69) is 0 Å². The normalized spacial score (nSPS) is 10.9. The molecular weight excluding hydrogens is 202 g/mol. The van der Waals surface area contributed by atoms with E-state index < -0.39 is 0 Å². The lowest BCUT2D eigenvalue weighted by Crippen LogP contribution is -2.29. The molecule has 88 valence electrons. The van der Waals surface area contributed by atoms with E-state index in [4.69, 9.17) is 10.2 Å². The van der Waals surface area contributed by atoms with Crippen LogP contribution in [0, 0.1) is 0 Å². The predicted octanol–water partition coefficient (Wildman–Crippen LogP) is 1.51. The number of nitrogens with zero attached hydrogens (tertiary/aromatic N) is 1. The van der Waals surface area contributed by atoms with Gasteiger partial charge < -0.3 is 15.1 Å². The number of hydrogen-bond donors (Lipinski definition) is 2. The van der Waals surface area contributed by atoms with E-state index in [0.29, 0.717) is 13.1 Å². The highest BCUT2D eigenvalue weighted by Crippen LogP contribution is 2.15. The Morgan fingerprint density at radius 2 is 1.62 bits per heavy atom. The van der Waals surface area contributed by atoms with E-state index in [1.54, 1.807) is 0 Å². The maximum absolute atomic E-state index is 8.93. The molecule has 1 aromatic rings. The van der Waals surface area contributed by atoms with Gasteiger partial charge in [-0.3, -0.25) is 0 Å². The van der Waals surface area contributed by atoms with Crippen LogP contribution in [0.25, 0.3) is 6.08 Å². The van der Waals surface area contributed by atoms with Crippen LogP contribution in [0.1, 0.15) is 12.5 Å². The third-order valence-electron chi connectivity index (χ3n) is 2.36. The van der Waals surface area contributed by atoms with Gasteiger partial charge in [0, 0.05) is 18.8 Å². The fourth-order valence-corrected chi connectivity index (χ4v) is 1.60. The summed E-state index contributed by atoms with van der Waals surface area (Å²) in [4.78, 5) is 1.96. The van der Waals surface area contributed by atoms with Gasteiger partial charge in [0.2, 0.25) is 0 Å². The van der Waals surface area contributed by atoms with Gasteiger partial charge in [0.15, 0.2) is 0 Å². The Labute approximate surface area is 96.6 Å². The van der Waals surface area contributed by atoms with Gasteiger partial charge in [-0.05, 0) is 24.6 Å². The maximum Gasteiger partial charge on any atom is 0.0606 e. The van der Waals surface area contributed by atoms with Crippen molar-refractivity contribution in [1.82, 2.24) is 0 Å². The number of rotatable bonds is 6. The summed E-state index contributed by atoms with van der Waals surface area (Å²) in [5.41, 5.74) is 2.18. The molecule has 0 fully saturated rings. The molecule has 1 rings (SSSR count). The van der Waals surface area contributed by atoms with E-state index in [1.807, 2.05) is 48.2 Å². The molecule has 0 saturated heterocycles. The molecule has 0 heterocycles. The van der Waals surface area contributed by atoms with Crippen LogP contribution >= 0.6 is 0 Å². The smallest absolute Gasteiger partial charge is 0.0606 e. The lowest BCUT2D eigenvalue weighted by atomic mass is 10.2. The van der Waals surface area contributed by atoms with E-state index in [1.165, 1.54) is 0 Å². The standard InChI is InChI=1S/C13H19NO2/c1-2-3-12-4-6-13(7-5-12)14(8-10-15)9-11-16/h2-7,15-16H,8-11H2,1H3/b3-2+. The predicted molar refractivity (Wildman–Crippen MR) is 67.5 cm³/mol. The Morgan fingerprint density at radius 3 is 2.06 bits per heavy atom. The minimum atomic E-state index is 0.0939. The number of hydrogen-bond acceptors (Lipinski definition) is 3. The van der Waals surface area contributed by atoms with Gasteiger partial charge in [-0.1, -0.05) is 24.3 Å². The molecular formula is C13H19NO2. The van der Waals surface area contributed by atoms with Gasteiger partial charge in [0.25, 0.3) is 0 Å². The third-order valence-corrected chi connectivity index (χ3v) is 2.36. The molecule has 16 heavy (non-hydrogen) atoms. The van der Waals surface area contributed by atoms with Crippen LogP contribution in [-0.2, 0) is 0 Å². The topological polar surface area (TPSA) is 43.7 Å². The molecule has 0 aliphatic heterocycles. The van der Waals surface area contributed by atoms with Crippen LogP contribution < -0.4 is 4.90 Å². The van der Waals surface area contributed by atoms with Gasteiger partial charge in [0.05, 0.1) is 13.2 Å². The lowest BCUT2D eigenvalue weighted by molar-refractivity contribution is 0.281. The third kappa shape index (κ3) is 3.68. The molecule has 3 heteroatoms. The molecule has 0 spiro atoms. The Bertz CT molecular complexity index is 313. The summed E-state index contributed by atoms with van der Waals surface area (Å²) >= 11 is 0. The van der Waals surface area contributed by atoms with Crippen LogP contribution in [0.5, 0.6) is 0 Å². The van der Waals surface area contributed by atoms with Gasteiger partial charge in [-0.25, -0.2) is 0 Å². The highest BCUT2D eigenvalue weighted by Gasteiger charge is 2.04. The summed E-state index contributed by atoms with van der Waals surface area (Å²) in [5, 5.41) is 17.9. The molecule has 0 bridgehead atoms. The molecule has 0 unspecified atom stereocenters. The summed E-state index contributed by atoms with van der Waals surface area (Å²) in [6.07, 6.45) is 4.03. The largest absolute Gasteiger partial charge is 0.395 e. The molecule has 0 radical (unpaired) electrons. The summed E-state index contributed by atoms with van der Waals surface area (Å²) in [7, 11) is 0. The first-order chi connectivity index (χ1) is 7.81. The number of benzene rings is 1. The zero-order chi connectivity index (χ0) is 11.8. The fraction of sp³-hybridized carbons (Fsp3) is 0.385. The molecule has 0 atom stereocenters. The second kappa shape index (κ2) is 7.04. The van der Waals surface area contributed by atoms with E-state index >= 15 is 0 Å². The van der Waals surface area contributed by atoms with Crippen molar-refractivity contribution in [3.63, 3.8) is 0 Å². The van der Waals surface area contributed by atoms with Crippen molar-refractivity contribution in [2.75, 3.05) is 31.2 Å². The molecule has 0 aromatic heterocycles. The minimum absolute atomic E-state index is 0.0939. The Morgan fingerprint density at radius 1 is 1.06 bits per heavy atom. The van der Waals surface area contributed by atoms with Crippen molar-refractivity contribution >= 4 is 11.8 Å². The van der Waals surface area contributed by atoms with E-state index in [-0.39, 0.29) is 13.2 Å². The molecule has 2 N–H and O–H groups in total. The Kier molecular flexibility index (Phi) is 5.61. The average Bonchev–Trinajstić information content (AvgIpc) is 2.30. The SMILES string of the molecule is C/C=C/c1ccc(N(CCO)CCO)cc1. The molecule has 0 aliphatic rings. The zero-order valence-corrected chi connectivity index (χ0v) is 9.63. The second-order valence-corrected chi connectivity index (χ2v) is 3.53. The number of aliphatic hydroxyl groups is 2. The quantitative estimate of drug-likeness (QED) is 0.765. The summed E-state index contributed by atoms with van der Waals surface area (Å²) in [6, 6.07) is 8.05. The molecule has 0 aliphatic carbocycles. The van der Waals surface area contributed by atoms with Crippen LogP contribution in [0.2, 0.25) is 0 Å². The van der Waals surface area contributed by atoms with E-state index in [0.717, 1.165) is 11.3 Å². The average molecular weight is 221 g/mol. The van der Waals surface area contributed by atoms with Crippen LogP contribution in [0.15, 0.2) is 30.3 Å². The summed E-state index contributed by atoms with van der Waals surface area (Å²) in [6.45, 7) is 3.26. The van der Waals surface area contributed by atoms with Crippen LogP contribution in [0.4, 0.5) is 5.69 Å². The Balaban J connectivity index is 2.76. The molecule has 3 nitrogen and oxygen atoms in total. The second-order valence-electron chi connectivity index (χ2n) is 3.53. The van der Waals surface area contributed by atoms with Crippen LogP contribution in [-0.4, -0.2) is 36.5 Å². The van der Waals surface area contributed by atoms with Crippen molar-refractivity contribution in [3.05, 3.63) is 35.9 Å². The fourth-order valence-electron chi connectivity index (χ4n) is 1.60. The summed E-state index contributed by atoms with van der Waals surface area (Å²) < 4.78 is 0. The summed E-state index contributed by atoms with van der Waals surface area (Å²) in [5.74, 6) is 0. The highest BCUT2D eigenvalue weighted by atomic mass is 16.3. The van der Waals surface area contributed by atoms with Gasteiger partial charge in [-0.15, -0.1) is 0 Å². The number of aliphatic hydroxyl groups excluding tert-OH is 2. The van der Waals surface area contributed by atoms with E-state index in [9.17, 15) is 0 Å². The number of allylic oxidation sites excluding steroid dienone is 1. The molecule has 0 saturated carbocycles. The van der Waals surface area contributed by atoms with Crippen molar-refractivity contribution in [2.45, 2.75) is 6.92 Å². The van der Waals surface area contributed by atoms with Crippen LogP contribution in [0.3, 0.4) is 0 Å². The van der Waals surface area contributed by atoms with Gasteiger partial charge >= 0.3 is 0 Å². The highest BCUT2D eigenvalue weighted by molar-refractivity contribution is 5.55. The first kappa shape index (κ1) is 12.7. The van der Waals surface area contributed by atoms with Crippen molar-refractivity contribution in [1.29, 1.82) is 0 Å². The monoisotopic (exact) mass is 221 g/mol. The lowest BCUT2D eigenvalue weighted by Gasteiger charge is -2.22. The maximum atomic E-state index is 8.93. The first-order valence-corrected chi connectivity index (χ1v) is 5.51. The van der Waals surface area contributed by atoms with Crippen molar-refractivity contribution < 1.29 is 10.2 Å². The molecule has 1 aromatic carbocycles. The van der Waals surface area contributed by atoms with Crippen molar-refractivity contribution in [2.24, 2.45) is 0 Å². The number of anilines is 1.